The average Bonchev–Trinajstić information content (AvgIpc) is 4.08. The second kappa shape index (κ2) is 15.6. The molecule has 31 heteroatoms. The zero-order valence-electron chi connectivity index (χ0n) is 37.8. The highest BCUT2D eigenvalue weighted by Crippen LogP contribution is 2.71. The van der Waals surface area contributed by atoms with Crippen LogP contribution >= 0.6 is 0 Å². The van der Waals surface area contributed by atoms with Gasteiger partial charge in [0.1, 0.15) is 11.5 Å². The highest BCUT2D eigenvalue weighted by molar-refractivity contribution is 6.32. The van der Waals surface area contributed by atoms with Gasteiger partial charge < -0.3 is 158 Å². The summed E-state index contributed by atoms with van der Waals surface area (Å²) in [6.45, 7) is 0. The molecule has 0 saturated heterocycles. The summed E-state index contributed by atoms with van der Waals surface area (Å²) in [4.78, 5) is 0. The number of phenols is 30. The van der Waals surface area contributed by atoms with Crippen molar-refractivity contribution in [2.75, 3.05) is 0 Å². The highest BCUT2D eigenvalue weighted by atomic mass is 16.4. The predicted molar refractivity (Wildman–Crippen MR) is 258 cm³/mol. The van der Waals surface area contributed by atoms with Crippen molar-refractivity contribution in [3.8, 4) is 217 Å². The topological polar surface area (TPSA) is 620 Å². The normalized spacial score (nSPS) is 11.8. The Hall–Kier alpha value is -12.4. The van der Waals surface area contributed by atoms with Crippen LogP contribution in [0.2, 0.25) is 0 Å². The van der Waals surface area contributed by atoms with E-state index in [1.54, 1.807) is 0 Å². The average molecular weight is 1100 g/mol. The van der Waals surface area contributed by atoms with Gasteiger partial charge in [0.2, 0.25) is 69.0 Å². The molecule has 9 aromatic carbocycles. The molecule has 0 atom stereocenters. The van der Waals surface area contributed by atoms with Gasteiger partial charge in [-0.05, 0) is 0 Å². The summed E-state index contributed by atoms with van der Waals surface area (Å²) in [5.41, 5.74) is -15.0. The first-order chi connectivity index (χ1) is 36.8. The van der Waals surface area contributed by atoms with E-state index in [4.69, 9.17) is 4.42 Å². The van der Waals surface area contributed by atoms with Gasteiger partial charge >= 0.3 is 0 Å². The van der Waals surface area contributed by atoms with Crippen molar-refractivity contribution in [1.29, 1.82) is 0 Å². The van der Waals surface area contributed by atoms with E-state index in [0.717, 1.165) is 0 Å². The Morgan fingerprint density at radius 3 is 0.671 bits per heavy atom. The van der Waals surface area contributed by atoms with Crippen LogP contribution in [0.3, 0.4) is 0 Å². The van der Waals surface area contributed by atoms with Gasteiger partial charge in [0.25, 0.3) is 0 Å². The van der Waals surface area contributed by atoms with Crippen LogP contribution in [-0.2, 0) is 0 Å². The Balaban J connectivity index is 1.42. The zero-order chi connectivity index (χ0) is 58.4. The van der Waals surface area contributed by atoms with Crippen LogP contribution in [-0.4, -0.2) is 153 Å². The standard InChI is InChI=1S/C48H30O31/c49-17-11(33(65)46(78)48-16(17)15-18(50)12-14(34(66)47(15)79-48)32(64)42(74)41(73)31(12)63)13-27(59)25(57)9(26(58)28(13)60)2-6-3(19(51)35(67)38(70)22(6)54)1(4-7(2)23(55)39(71)36(68)20(4)52)5-8(24(56)40(72)37(69)21(5)53)10-29(61)43(75)45(77)44(76)30(10)62/h49-78H. The summed E-state index contributed by atoms with van der Waals surface area (Å²) < 4.78 is 5.37. The van der Waals surface area contributed by atoms with E-state index in [-0.39, 0.29) is 0 Å². The molecule has 0 amide bonds. The van der Waals surface area contributed by atoms with Gasteiger partial charge in [-0.25, -0.2) is 0 Å². The second-order valence-corrected chi connectivity index (χ2v) is 17.2. The number of phenolic OH excluding ortho intramolecular Hbond substituents is 30. The summed E-state index contributed by atoms with van der Waals surface area (Å²) in [6, 6.07) is 0. The first kappa shape index (κ1) is 50.1. The molecule has 0 aliphatic heterocycles. The number of benzene rings is 9. The fourth-order valence-electron chi connectivity index (χ4n) is 9.71. The molecule has 1 heterocycles. The van der Waals surface area contributed by atoms with E-state index in [9.17, 15) is 153 Å². The lowest BCUT2D eigenvalue weighted by atomic mass is 9.80. The maximum Gasteiger partial charge on any atom is 0.208 e. The molecule has 0 saturated carbocycles. The van der Waals surface area contributed by atoms with Crippen LogP contribution < -0.4 is 0 Å². The van der Waals surface area contributed by atoms with Gasteiger partial charge in [-0.1, -0.05) is 0 Å². The van der Waals surface area contributed by atoms with Crippen LogP contribution in [0.4, 0.5) is 0 Å². The van der Waals surface area contributed by atoms with Crippen LogP contribution in [0.1, 0.15) is 0 Å². The maximum absolute atomic E-state index is 12.0. The Bertz CT molecular complexity index is 4450. The van der Waals surface area contributed by atoms with E-state index >= 15 is 0 Å². The third-order valence-electron chi connectivity index (χ3n) is 13.3. The van der Waals surface area contributed by atoms with Gasteiger partial charge in [-0.15, -0.1) is 0 Å². The van der Waals surface area contributed by atoms with Gasteiger partial charge in [0, 0.05) is 43.8 Å². The van der Waals surface area contributed by atoms with Crippen molar-refractivity contribution >= 4 is 54.3 Å². The third kappa shape index (κ3) is 5.70. The summed E-state index contributed by atoms with van der Waals surface area (Å²) >= 11 is 0. The SMILES string of the molecule is Oc1c(O)c(O)c(-c2c(O)c(O)c(O)c(O)c2-c2c3c(O)c(O)c(O)c(O)c3c(-c3c(O)c(O)c(-c4c(O)c(O)c5oc6c(O)c7c(O)c(O)c(O)c(O)c7c(O)c6c5c4O)c(O)c3O)c3c(O)c(O)c(O)c(O)c23)c(O)c1O. The highest BCUT2D eigenvalue weighted by Gasteiger charge is 2.42. The largest absolute Gasteiger partial charge is 0.506 e. The number of hydrogen-bond acceptors (Lipinski definition) is 31. The summed E-state index contributed by atoms with van der Waals surface area (Å²) in [7, 11) is 0. The van der Waals surface area contributed by atoms with Crippen molar-refractivity contribution in [2.24, 2.45) is 0 Å². The second-order valence-electron chi connectivity index (χ2n) is 17.2. The minimum atomic E-state index is -1.98. The minimum Gasteiger partial charge on any atom is -0.506 e. The van der Waals surface area contributed by atoms with Gasteiger partial charge in [-0.2, -0.15) is 0 Å². The number of rotatable bonds is 4. The lowest BCUT2D eigenvalue weighted by Gasteiger charge is -2.26. The molecule has 0 aliphatic rings. The van der Waals surface area contributed by atoms with Crippen molar-refractivity contribution in [3.05, 3.63) is 0 Å². The molecule has 0 bridgehead atoms. The molecule has 10 aromatic rings. The molecule has 408 valence electrons. The van der Waals surface area contributed by atoms with Gasteiger partial charge in [0.05, 0.1) is 43.8 Å². The fraction of sp³-hybridized carbons (Fsp3) is 0. The maximum atomic E-state index is 12.0. The number of fused-ring (bicyclic) bond motifs is 6. The molecular weight excluding hydrogens is 1070 g/mol. The van der Waals surface area contributed by atoms with E-state index in [2.05, 4.69) is 0 Å². The van der Waals surface area contributed by atoms with Crippen molar-refractivity contribution in [3.63, 3.8) is 0 Å². The molecule has 31 nitrogen and oxygen atoms in total. The summed E-state index contributed by atoms with van der Waals surface area (Å²) in [5, 5.41) is 326. The zero-order valence-corrected chi connectivity index (χ0v) is 37.8. The predicted octanol–water partition coefficient (Wildman–Crippen LogP) is 4.88. The molecule has 0 radical (unpaired) electrons. The van der Waals surface area contributed by atoms with Crippen molar-refractivity contribution in [2.45, 2.75) is 0 Å². The van der Waals surface area contributed by atoms with Crippen LogP contribution in [0.15, 0.2) is 4.42 Å². The lowest BCUT2D eigenvalue weighted by molar-refractivity contribution is 0.329. The fourth-order valence-corrected chi connectivity index (χ4v) is 9.71. The molecule has 0 spiro atoms. The van der Waals surface area contributed by atoms with Crippen LogP contribution in [0, 0.1) is 0 Å². The summed E-state index contributed by atoms with van der Waals surface area (Å²) in [6.07, 6.45) is 0. The molecule has 79 heavy (non-hydrogen) atoms. The molecule has 30 N–H and O–H groups in total. The van der Waals surface area contributed by atoms with Crippen LogP contribution in [0.5, 0.6) is 172 Å². The number of aromatic hydroxyl groups is 30. The molecule has 0 aliphatic carbocycles. The van der Waals surface area contributed by atoms with E-state index in [0.29, 0.717) is 0 Å². The molecular formula is C48H30O31. The lowest BCUT2D eigenvalue weighted by Crippen LogP contribution is -1.98. The number of hydrogen-bond donors (Lipinski definition) is 30. The minimum absolute atomic E-state index is 1.01. The molecule has 10 rings (SSSR count). The smallest absolute Gasteiger partial charge is 0.208 e. The van der Waals surface area contributed by atoms with E-state index < -0.39 is 271 Å². The number of furan rings is 1. The Morgan fingerprint density at radius 1 is 0.114 bits per heavy atom. The quantitative estimate of drug-likeness (QED) is 0.0634. The Kier molecular flexibility index (Phi) is 9.86. The van der Waals surface area contributed by atoms with Crippen molar-refractivity contribution in [1.82, 2.24) is 0 Å². The van der Waals surface area contributed by atoms with E-state index in [1.807, 2.05) is 0 Å². The Labute approximate surface area is 428 Å². The first-order valence-corrected chi connectivity index (χ1v) is 21.1. The first-order valence-electron chi connectivity index (χ1n) is 21.1. The van der Waals surface area contributed by atoms with Gasteiger partial charge in [-0.3, -0.25) is 0 Å². The monoisotopic (exact) mass is 1100 g/mol. The molecule has 0 fully saturated rings. The van der Waals surface area contributed by atoms with Crippen molar-refractivity contribution < 1.29 is 158 Å². The summed E-state index contributed by atoms with van der Waals surface area (Å²) in [5.74, 6) is -52.5. The van der Waals surface area contributed by atoms with Gasteiger partial charge in [0.15, 0.2) is 103 Å². The van der Waals surface area contributed by atoms with E-state index in [1.165, 1.54) is 0 Å². The van der Waals surface area contributed by atoms with Crippen LogP contribution in [0.25, 0.3) is 98.8 Å². The molecule has 1 aromatic heterocycles. The third-order valence-corrected chi connectivity index (χ3v) is 13.3. The molecule has 0 unspecified atom stereocenters. The Morgan fingerprint density at radius 2 is 0.304 bits per heavy atom.